The number of aliphatic hydroxyl groups is 1. The number of nitrogens with zero attached hydrogens (tertiary/aromatic N) is 3. The fourth-order valence-electron chi connectivity index (χ4n) is 2.14. The molecule has 1 aromatic heterocycles. The SMILES string of the molecule is [B]C(CN=CC=C(N)c1ccc(C#N)c(Cl)c1)NC(=O)c1cc(C(C)O)[nH]n1. The second kappa shape index (κ2) is 9.74. The monoisotopic (exact) mass is 396 g/mol. The first-order chi connectivity index (χ1) is 13.3. The summed E-state index contributed by atoms with van der Waals surface area (Å²) in [6.45, 7) is 1.68. The highest BCUT2D eigenvalue weighted by atomic mass is 35.5. The summed E-state index contributed by atoms with van der Waals surface area (Å²) >= 11 is 5.98. The van der Waals surface area contributed by atoms with Gasteiger partial charge in [-0.3, -0.25) is 14.9 Å². The minimum atomic E-state index is -0.754. The lowest BCUT2D eigenvalue weighted by molar-refractivity contribution is 0.0944. The van der Waals surface area contributed by atoms with Crippen molar-refractivity contribution in [1.29, 1.82) is 5.26 Å². The number of aromatic amines is 1. The quantitative estimate of drug-likeness (QED) is 0.412. The summed E-state index contributed by atoms with van der Waals surface area (Å²) in [5.41, 5.74) is 7.94. The minimum absolute atomic E-state index is 0.122. The number of carbonyl (C=O) groups is 1. The van der Waals surface area contributed by atoms with Crippen LogP contribution in [0.4, 0.5) is 0 Å². The molecular weight excluding hydrogens is 379 g/mol. The Morgan fingerprint density at radius 1 is 1.57 bits per heavy atom. The zero-order valence-corrected chi connectivity index (χ0v) is 15.8. The van der Waals surface area contributed by atoms with Crippen molar-refractivity contribution in [3.63, 3.8) is 0 Å². The maximum absolute atomic E-state index is 12.0. The third-order valence-corrected chi connectivity index (χ3v) is 3.99. The first-order valence-electron chi connectivity index (χ1n) is 8.27. The number of nitrogens with one attached hydrogen (secondary N) is 2. The average Bonchev–Trinajstić information content (AvgIpc) is 3.15. The number of hydrogen-bond acceptors (Lipinski definition) is 6. The Kier molecular flexibility index (Phi) is 7.38. The van der Waals surface area contributed by atoms with Crippen LogP contribution in [0.1, 0.15) is 40.3 Å². The largest absolute Gasteiger partial charge is 0.398 e. The van der Waals surface area contributed by atoms with Crippen LogP contribution >= 0.6 is 11.6 Å². The molecule has 0 aliphatic heterocycles. The molecule has 0 saturated carbocycles. The molecule has 0 saturated heterocycles. The Labute approximate surface area is 168 Å². The van der Waals surface area contributed by atoms with Gasteiger partial charge in [-0.2, -0.15) is 10.4 Å². The Hall–Kier alpha value is -3.09. The van der Waals surface area contributed by atoms with Gasteiger partial charge in [-0.05, 0) is 36.8 Å². The zero-order chi connectivity index (χ0) is 20.7. The van der Waals surface area contributed by atoms with Crippen molar-refractivity contribution >= 4 is 37.3 Å². The fraction of sp³-hybridized carbons (Fsp3) is 0.222. The van der Waals surface area contributed by atoms with Gasteiger partial charge in [0.1, 0.15) is 19.6 Å². The maximum Gasteiger partial charge on any atom is 0.271 e. The summed E-state index contributed by atoms with van der Waals surface area (Å²) in [4.78, 5) is 16.1. The maximum atomic E-state index is 12.0. The molecule has 0 bridgehead atoms. The minimum Gasteiger partial charge on any atom is -0.398 e. The molecule has 2 unspecified atom stereocenters. The van der Waals surface area contributed by atoms with Crippen LogP contribution in [0.15, 0.2) is 35.3 Å². The first kappa shape index (κ1) is 21.2. The molecule has 0 aliphatic carbocycles. The summed E-state index contributed by atoms with van der Waals surface area (Å²) in [6, 6.07) is 8.28. The third-order valence-electron chi connectivity index (χ3n) is 3.68. The molecule has 0 spiro atoms. The predicted molar refractivity (Wildman–Crippen MR) is 108 cm³/mol. The van der Waals surface area contributed by atoms with Crippen LogP contribution in [0.2, 0.25) is 5.02 Å². The van der Waals surface area contributed by atoms with E-state index in [4.69, 9.17) is 30.4 Å². The number of benzene rings is 1. The lowest BCUT2D eigenvalue weighted by Gasteiger charge is -2.10. The average molecular weight is 397 g/mol. The number of nitrogens with two attached hydrogens (primary N) is 1. The number of amides is 1. The van der Waals surface area contributed by atoms with E-state index in [9.17, 15) is 9.90 Å². The topological polar surface area (TPSA) is 140 Å². The van der Waals surface area contributed by atoms with Gasteiger partial charge < -0.3 is 16.2 Å². The molecule has 0 fully saturated rings. The van der Waals surface area contributed by atoms with Gasteiger partial charge in [-0.25, -0.2) is 0 Å². The summed E-state index contributed by atoms with van der Waals surface area (Å²) in [5, 5.41) is 27.6. The van der Waals surface area contributed by atoms with Crippen LogP contribution in [0.5, 0.6) is 0 Å². The van der Waals surface area contributed by atoms with Crippen molar-refractivity contribution in [2.45, 2.75) is 19.0 Å². The van der Waals surface area contributed by atoms with E-state index in [2.05, 4.69) is 20.5 Å². The fourth-order valence-corrected chi connectivity index (χ4v) is 2.37. The molecular formula is C18H18BClN6O2. The summed E-state index contributed by atoms with van der Waals surface area (Å²) in [6.07, 6.45) is 2.28. The number of H-pyrrole nitrogens is 1. The molecule has 0 aliphatic rings. The van der Waals surface area contributed by atoms with Crippen molar-refractivity contribution in [3.8, 4) is 6.07 Å². The Morgan fingerprint density at radius 3 is 2.93 bits per heavy atom. The van der Waals surface area contributed by atoms with Crippen molar-refractivity contribution in [2.75, 3.05) is 6.54 Å². The molecule has 2 radical (unpaired) electrons. The second-order valence-electron chi connectivity index (χ2n) is 5.91. The van der Waals surface area contributed by atoms with Crippen molar-refractivity contribution in [3.05, 3.63) is 57.9 Å². The van der Waals surface area contributed by atoms with E-state index in [-0.39, 0.29) is 12.2 Å². The van der Waals surface area contributed by atoms with Crippen LogP contribution in [0.3, 0.4) is 0 Å². The van der Waals surface area contributed by atoms with Gasteiger partial charge in [0.15, 0.2) is 0 Å². The van der Waals surface area contributed by atoms with Crippen LogP contribution in [0.25, 0.3) is 5.70 Å². The first-order valence-corrected chi connectivity index (χ1v) is 8.65. The molecule has 10 heteroatoms. The number of rotatable bonds is 7. The van der Waals surface area contributed by atoms with E-state index in [0.717, 1.165) is 0 Å². The van der Waals surface area contributed by atoms with E-state index in [1.54, 1.807) is 31.2 Å². The van der Waals surface area contributed by atoms with Crippen molar-refractivity contribution < 1.29 is 9.90 Å². The lowest BCUT2D eigenvalue weighted by Crippen LogP contribution is -2.37. The van der Waals surface area contributed by atoms with Gasteiger partial charge in [0, 0.05) is 17.9 Å². The number of halogens is 1. The van der Waals surface area contributed by atoms with Gasteiger partial charge >= 0.3 is 0 Å². The molecule has 8 nitrogen and oxygen atoms in total. The third kappa shape index (κ3) is 5.71. The van der Waals surface area contributed by atoms with Gasteiger partial charge in [-0.1, -0.05) is 17.7 Å². The number of nitriles is 1. The second-order valence-corrected chi connectivity index (χ2v) is 6.31. The number of carbonyl (C=O) groups excluding carboxylic acids is 1. The molecule has 142 valence electrons. The van der Waals surface area contributed by atoms with Crippen LogP contribution < -0.4 is 11.1 Å². The van der Waals surface area contributed by atoms with E-state index >= 15 is 0 Å². The van der Waals surface area contributed by atoms with Crippen molar-refractivity contribution in [2.24, 2.45) is 10.7 Å². The highest BCUT2D eigenvalue weighted by molar-refractivity contribution is 6.31. The Morgan fingerprint density at radius 2 is 2.32 bits per heavy atom. The number of allylic oxidation sites excluding steroid dienone is 1. The van der Waals surface area contributed by atoms with Gasteiger partial charge in [0.05, 0.1) is 28.9 Å². The van der Waals surface area contributed by atoms with E-state index < -0.39 is 18.0 Å². The molecule has 2 atom stereocenters. The molecule has 1 amide bonds. The zero-order valence-electron chi connectivity index (χ0n) is 15.1. The van der Waals surface area contributed by atoms with Crippen LogP contribution in [-0.2, 0) is 0 Å². The van der Waals surface area contributed by atoms with Gasteiger partial charge in [0.2, 0.25) is 0 Å². The number of aromatic nitrogens is 2. The van der Waals surface area contributed by atoms with E-state index in [1.807, 2.05) is 6.07 Å². The molecule has 1 aromatic carbocycles. The summed E-state index contributed by atoms with van der Waals surface area (Å²) < 4.78 is 0. The molecule has 2 aromatic rings. The summed E-state index contributed by atoms with van der Waals surface area (Å²) in [5.74, 6) is -1.21. The molecule has 5 N–H and O–H groups in total. The predicted octanol–water partition coefficient (Wildman–Crippen LogP) is 1.28. The summed E-state index contributed by atoms with van der Waals surface area (Å²) in [7, 11) is 5.83. The standard InChI is InChI=1S/C18H18BClN6O2/c1-10(27)15-7-16(26-25-15)18(28)24-17(19)9-23-5-4-14(22)11-2-3-12(8-21)13(20)6-11/h2-7,10,17,27H,9,22H2,1H3,(H,24,28)(H,25,26). The lowest BCUT2D eigenvalue weighted by atomic mass is 9.96. The van der Waals surface area contributed by atoms with Gasteiger partial charge in [-0.15, -0.1) is 0 Å². The highest BCUT2D eigenvalue weighted by Crippen LogP contribution is 2.19. The van der Waals surface area contributed by atoms with E-state index in [1.165, 1.54) is 12.3 Å². The molecule has 28 heavy (non-hydrogen) atoms. The number of aliphatic imine (C=N–C) groups is 1. The van der Waals surface area contributed by atoms with E-state index in [0.29, 0.717) is 27.5 Å². The highest BCUT2D eigenvalue weighted by Gasteiger charge is 2.14. The number of hydrogen-bond donors (Lipinski definition) is 4. The Balaban J connectivity index is 1.89. The normalized spacial score (nSPS) is 13.9. The van der Waals surface area contributed by atoms with Crippen LogP contribution in [-0.4, -0.2) is 47.8 Å². The van der Waals surface area contributed by atoms with Gasteiger partial charge in [0.25, 0.3) is 5.91 Å². The van der Waals surface area contributed by atoms with Crippen molar-refractivity contribution in [1.82, 2.24) is 15.5 Å². The molecule has 1 heterocycles. The number of aliphatic hydroxyl groups excluding tert-OH is 1. The smallest absolute Gasteiger partial charge is 0.271 e. The van der Waals surface area contributed by atoms with Crippen LogP contribution in [0, 0.1) is 11.3 Å². The molecule has 2 rings (SSSR count). The Bertz CT molecular complexity index is 948.